The quantitative estimate of drug-likeness (QED) is 0.730. The lowest BCUT2D eigenvalue weighted by Crippen LogP contribution is -2.21. The third-order valence-corrected chi connectivity index (χ3v) is 3.14. The lowest BCUT2D eigenvalue weighted by atomic mass is 10.2. The van der Waals surface area contributed by atoms with Gasteiger partial charge in [0.15, 0.2) is 5.65 Å². The van der Waals surface area contributed by atoms with Crippen LogP contribution in [0.4, 0.5) is 0 Å². The van der Waals surface area contributed by atoms with Gasteiger partial charge in [0.05, 0.1) is 5.39 Å². The SMILES string of the molecule is COCCCCCn1c(=O)c2cccnc2n1C. The van der Waals surface area contributed by atoms with E-state index in [-0.39, 0.29) is 5.56 Å². The second-order valence-corrected chi connectivity index (χ2v) is 4.38. The van der Waals surface area contributed by atoms with Gasteiger partial charge in [-0.05, 0) is 31.4 Å². The van der Waals surface area contributed by atoms with Crippen LogP contribution in [0.2, 0.25) is 0 Å². The van der Waals surface area contributed by atoms with E-state index in [0.717, 1.165) is 38.1 Å². The number of aryl methyl sites for hydroxylation is 1. The Morgan fingerprint density at radius 3 is 2.89 bits per heavy atom. The van der Waals surface area contributed by atoms with Gasteiger partial charge < -0.3 is 4.74 Å². The van der Waals surface area contributed by atoms with Crippen LogP contribution in [0.3, 0.4) is 0 Å². The number of pyridine rings is 1. The van der Waals surface area contributed by atoms with Crippen molar-refractivity contribution in [2.45, 2.75) is 25.8 Å². The van der Waals surface area contributed by atoms with Gasteiger partial charge in [-0.15, -0.1) is 0 Å². The molecule has 0 aliphatic heterocycles. The summed E-state index contributed by atoms with van der Waals surface area (Å²) in [6, 6.07) is 3.62. The molecule has 0 aliphatic carbocycles. The van der Waals surface area contributed by atoms with Crippen LogP contribution in [0.15, 0.2) is 23.1 Å². The summed E-state index contributed by atoms with van der Waals surface area (Å²) in [6.07, 6.45) is 4.79. The summed E-state index contributed by atoms with van der Waals surface area (Å²) in [7, 11) is 3.59. The van der Waals surface area contributed by atoms with Crippen molar-refractivity contribution in [3.8, 4) is 0 Å². The maximum Gasteiger partial charge on any atom is 0.276 e. The van der Waals surface area contributed by atoms with E-state index in [9.17, 15) is 4.79 Å². The molecule has 0 bridgehead atoms. The normalized spacial score (nSPS) is 11.2. The lowest BCUT2D eigenvalue weighted by Gasteiger charge is -2.06. The molecule has 0 atom stereocenters. The molecule has 5 nitrogen and oxygen atoms in total. The maximum atomic E-state index is 12.1. The molecule has 2 rings (SSSR count). The molecule has 0 spiro atoms. The summed E-state index contributed by atoms with van der Waals surface area (Å²) in [5, 5.41) is 0.692. The third kappa shape index (κ3) is 2.46. The van der Waals surface area contributed by atoms with E-state index in [1.54, 1.807) is 24.1 Å². The fourth-order valence-electron chi connectivity index (χ4n) is 2.15. The number of methoxy groups -OCH3 is 1. The summed E-state index contributed by atoms with van der Waals surface area (Å²) < 4.78 is 8.60. The molecule has 0 aliphatic rings. The molecule has 0 saturated carbocycles. The van der Waals surface area contributed by atoms with Gasteiger partial charge in [-0.1, -0.05) is 0 Å². The highest BCUT2D eigenvalue weighted by Gasteiger charge is 2.10. The Hall–Kier alpha value is -1.62. The lowest BCUT2D eigenvalue weighted by molar-refractivity contribution is 0.191. The Kier molecular flexibility index (Phi) is 4.15. The molecule has 0 N–H and O–H groups in total. The number of rotatable bonds is 6. The first-order valence-electron chi connectivity index (χ1n) is 6.25. The predicted octanol–water partition coefficient (Wildman–Crippen LogP) is 1.55. The Balaban J connectivity index is 2.11. The number of aromatic nitrogens is 3. The standard InChI is InChI=1S/C13H19N3O2/c1-15-12-11(7-6-8-14-12)13(17)16(15)9-4-3-5-10-18-2/h6-8H,3-5,9-10H2,1-2H3. The van der Waals surface area contributed by atoms with Gasteiger partial charge >= 0.3 is 0 Å². The molecule has 0 unspecified atom stereocenters. The molecule has 0 radical (unpaired) electrons. The summed E-state index contributed by atoms with van der Waals surface area (Å²) >= 11 is 0. The van der Waals surface area contributed by atoms with Crippen LogP contribution >= 0.6 is 0 Å². The third-order valence-electron chi connectivity index (χ3n) is 3.14. The molecule has 98 valence electrons. The average molecular weight is 249 g/mol. The number of ether oxygens (including phenoxy) is 1. The van der Waals surface area contributed by atoms with Gasteiger partial charge in [0, 0.05) is 33.5 Å². The second kappa shape index (κ2) is 5.82. The van der Waals surface area contributed by atoms with Crippen molar-refractivity contribution in [1.29, 1.82) is 0 Å². The van der Waals surface area contributed by atoms with Crippen molar-refractivity contribution in [3.63, 3.8) is 0 Å². The zero-order valence-electron chi connectivity index (χ0n) is 10.9. The van der Waals surface area contributed by atoms with Crippen molar-refractivity contribution in [3.05, 3.63) is 28.7 Å². The minimum Gasteiger partial charge on any atom is -0.385 e. The van der Waals surface area contributed by atoms with Gasteiger partial charge in [0.1, 0.15) is 0 Å². The van der Waals surface area contributed by atoms with Gasteiger partial charge in [-0.3, -0.25) is 9.48 Å². The largest absolute Gasteiger partial charge is 0.385 e. The highest BCUT2D eigenvalue weighted by molar-refractivity contribution is 5.73. The first-order valence-corrected chi connectivity index (χ1v) is 6.25. The summed E-state index contributed by atoms with van der Waals surface area (Å²) in [5.74, 6) is 0. The molecule has 2 aromatic rings. The zero-order chi connectivity index (χ0) is 13.0. The molecule has 0 aromatic carbocycles. The zero-order valence-corrected chi connectivity index (χ0v) is 10.9. The fourth-order valence-corrected chi connectivity index (χ4v) is 2.15. The molecule has 0 amide bonds. The van der Waals surface area contributed by atoms with Crippen LogP contribution in [-0.2, 0) is 18.3 Å². The Morgan fingerprint density at radius 1 is 1.33 bits per heavy atom. The molecular weight excluding hydrogens is 230 g/mol. The topological polar surface area (TPSA) is 49.1 Å². The smallest absolute Gasteiger partial charge is 0.276 e. The van der Waals surface area contributed by atoms with E-state index in [4.69, 9.17) is 4.74 Å². The monoisotopic (exact) mass is 249 g/mol. The number of hydrogen-bond acceptors (Lipinski definition) is 3. The van der Waals surface area contributed by atoms with Crippen LogP contribution in [0, 0.1) is 0 Å². The number of unbranched alkanes of at least 4 members (excludes halogenated alkanes) is 2. The van der Waals surface area contributed by atoms with E-state index >= 15 is 0 Å². The highest BCUT2D eigenvalue weighted by Crippen LogP contribution is 2.07. The van der Waals surface area contributed by atoms with E-state index in [0.29, 0.717) is 5.39 Å². The van der Waals surface area contributed by atoms with Gasteiger partial charge in [0.2, 0.25) is 0 Å². The van der Waals surface area contributed by atoms with Crippen LogP contribution in [0.1, 0.15) is 19.3 Å². The van der Waals surface area contributed by atoms with Gasteiger partial charge in [0.25, 0.3) is 5.56 Å². The van der Waals surface area contributed by atoms with Crippen molar-refractivity contribution in [1.82, 2.24) is 14.3 Å². The molecular formula is C13H19N3O2. The predicted molar refractivity (Wildman–Crippen MR) is 70.7 cm³/mol. The van der Waals surface area contributed by atoms with Crippen LogP contribution in [0.25, 0.3) is 11.0 Å². The summed E-state index contributed by atoms with van der Waals surface area (Å²) in [4.78, 5) is 16.4. The van der Waals surface area contributed by atoms with Crippen LogP contribution in [-0.4, -0.2) is 28.1 Å². The molecule has 2 aromatic heterocycles. The van der Waals surface area contributed by atoms with Crippen LogP contribution < -0.4 is 5.56 Å². The Labute approximate surface area is 106 Å². The summed E-state index contributed by atoms with van der Waals surface area (Å²) in [5.41, 5.74) is 0.798. The summed E-state index contributed by atoms with van der Waals surface area (Å²) in [6.45, 7) is 1.51. The minimum absolute atomic E-state index is 0.0485. The fraction of sp³-hybridized carbons (Fsp3) is 0.538. The van der Waals surface area contributed by atoms with Crippen molar-refractivity contribution < 1.29 is 4.74 Å². The first-order chi connectivity index (χ1) is 8.75. The van der Waals surface area contributed by atoms with Crippen molar-refractivity contribution in [2.75, 3.05) is 13.7 Å². The van der Waals surface area contributed by atoms with Crippen LogP contribution in [0.5, 0.6) is 0 Å². The number of fused-ring (bicyclic) bond motifs is 1. The van der Waals surface area contributed by atoms with Crippen molar-refractivity contribution in [2.24, 2.45) is 7.05 Å². The van der Waals surface area contributed by atoms with E-state index in [2.05, 4.69) is 4.98 Å². The van der Waals surface area contributed by atoms with E-state index in [1.807, 2.05) is 17.8 Å². The van der Waals surface area contributed by atoms with Gasteiger partial charge in [-0.2, -0.15) is 0 Å². The number of nitrogens with zero attached hydrogens (tertiary/aromatic N) is 3. The minimum atomic E-state index is 0.0485. The highest BCUT2D eigenvalue weighted by atomic mass is 16.5. The number of hydrogen-bond donors (Lipinski definition) is 0. The van der Waals surface area contributed by atoms with Crippen molar-refractivity contribution >= 4 is 11.0 Å². The van der Waals surface area contributed by atoms with E-state index < -0.39 is 0 Å². The first kappa shape index (κ1) is 12.8. The van der Waals surface area contributed by atoms with Gasteiger partial charge in [-0.25, -0.2) is 9.67 Å². The van der Waals surface area contributed by atoms with E-state index in [1.165, 1.54) is 0 Å². The molecule has 18 heavy (non-hydrogen) atoms. The average Bonchev–Trinajstić information content (AvgIpc) is 2.64. The Morgan fingerprint density at radius 2 is 2.17 bits per heavy atom. The molecule has 5 heteroatoms. The Bertz CT molecular complexity index is 571. The maximum absolute atomic E-state index is 12.1. The molecule has 0 fully saturated rings. The second-order valence-electron chi connectivity index (χ2n) is 4.38. The molecule has 0 saturated heterocycles. The molecule has 2 heterocycles.